The van der Waals surface area contributed by atoms with E-state index >= 15 is 0 Å². The number of benzene rings is 2. The van der Waals surface area contributed by atoms with Gasteiger partial charge >= 0.3 is 5.97 Å². The van der Waals surface area contributed by atoms with Crippen LogP contribution >= 0.6 is 11.3 Å². The molecule has 0 saturated carbocycles. The molecule has 0 saturated heterocycles. The van der Waals surface area contributed by atoms with Gasteiger partial charge in [-0.1, -0.05) is 19.1 Å². The van der Waals surface area contributed by atoms with E-state index in [-0.39, 0.29) is 29.1 Å². The molecule has 6 N–H and O–H groups in total. The van der Waals surface area contributed by atoms with Crippen LogP contribution < -0.4 is 21.1 Å². The van der Waals surface area contributed by atoms with Crippen LogP contribution in [0.5, 0.6) is 5.75 Å². The first kappa shape index (κ1) is 29.9. The molecule has 5 rings (SSSR count). The summed E-state index contributed by atoms with van der Waals surface area (Å²) >= 11 is 1.54. The summed E-state index contributed by atoms with van der Waals surface area (Å²) in [7, 11) is 0. The number of aliphatic hydroxyl groups excluding tert-OH is 1. The molecule has 222 valence electrons. The van der Waals surface area contributed by atoms with Gasteiger partial charge in [-0.25, -0.2) is 9.78 Å². The van der Waals surface area contributed by atoms with Crippen molar-refractivity contribution in [2.24, 2.45) is 5.73 Å². The molecular weight excluding hydrogens is 568 g/mol. The summed E-state index contributed by atoms with van der Waals surface area (Å²) in [4.78, 5) is 44.2. The third-order valence-corrected chi connectivity index (χ3v) is 8.17. The average molecular weight is 601 g/mol. The van der Waals surface area contributed by atoms with Crippen molar-refractivity contribution in [3.63, 3.8) is 0 Å². The normalized spacial score (nSPS) is 12.0. The number of nitrogens with two attached hydrogens (primary N) is 1. The number of ether oxygens (including phenoxy) is 1. The number of nitrogens with zero attached hydrogens (tertiary/aromatic N) is 1. The molecule has 0 radical (unpaired) electrons. The molecule has 0 aliphatic carbocycles. The SMILES string of the molecule is CCCNC(=O)c1ccc(-c2cc3c(cc2C(=O)Nc2ccc(CN)cc2CCO)-c2sccc2CCO3)c(C(=O)O)n1. The Morgan fingerprint density at radius 3 is 2.63 bits per heavy atom. The zero-order chi connectivity index (χ0) is 30.5. The Balaban J connectivity index is 1.67. The minimum atomic E-state index is -1.34. The van der Waals surface area contributed by atoms with Gasteiger partial charge in [0.15, 0.2) is 5.69 Å². The van der Waals surface area contributed by atoms with Gasteiger partial charge in [0, 0.05) is 58.9 Å². The van der Waals surface area contributed by atoms with Crippen LogP contribution in [-0.2, 0) is 19.4 Å². The zero-order valence-corrected chi connectivity index (χ0v) is 24.4. The first-order valence-corrected chi connectivity index (χ1v) is 14.9. The number of pyridine rings is 1. The van der Waals surface area contributed by atoms with Crippen LogP contribution in [0.3, 0.4) is 0 Å². The molecule has 2 aromatic carbocycles. The number of anilines is 1. The third kappa shape index (κ3) is 6.29. The number of carboxylic acids is 1. The molecular formula is C32H32N4O6S. The quantitative estimate of drug-likeness (QED) is 0.178. The van der Waals surface area contributed by atoms with Crippen molar-refractivity contribution >= 4 is 34.8 Å². The highest BCUT2D eigenvalue weighted by Gasteiger charge is 2.27. The van der Waals surface area contributed by atoms with Gasteiger partial charge in [0.05, 0.1) is 6.61 Å². The third-order valence-electron chi connectivity index (χ3n) is 7.18. The fraction of sp³-hybridized carbons (Fsp3) is 0.250. The number of nitrogens with one attached hydrogen (secondary N) is 2. The van der Waals surface area contributed by atoms with Gasteiger partial charge in [-0.2, -0.15) is 0 Å². The Morgan fingerprint density at radius 2 is 1.88 bits per heavy atom. The van der Waals surface area contributed by atoms with E-state index in [1.807, 2.05) is 24.4 Å². The molecule has 0 bridgehead atoms. The van der Waals surface area contributed by atoms with Crippen LogP contribution in [0.4, 0.5) is 5.69 Å². The second-order valence-electron chi connectivity index (χ2n) is 10.0. The van der Waals surface area contributed by atoms with Crippen LogP contribution in [0.15, 0.2) is 53.9 Å². The van der Waals surface area contributed by atoms with Gasteiger partial charge in [0.25, 0.3) is 11.8 Å². The Bertz CT molecular complexity index is 1700. The van der Waals surface area contributed by atoms with Crippen molar-refractivity contribution in [2.75, 3.05) is 25.1 Å². The number of carboxylic acid groups (broad SMARTS) is 1. The van der Waals surface area contributed by atoms with E-state index in [0.717, 1.165) is 21.6 Å². The first-order valence-electron chi connectivity index (χ1n) is 14.0. The standard InChI is InChI=1S/C32H32N4O6S/c1-2-10-34-31(39)26-6-4-21(28(35-26)32(40)41)22-16-27-24(29-19(8-12-42-27)9-13-43-29)15-23(22)30(38)36-25-5-3-18(17-33)14-20(25)7-11-37/h3-6,9,13-16,37H,2,7-8,10-12,17,33H2,1H3,(H,34,39)(H,36,38)(H,40,41). The lowest BCUT2D eigenvalue weighted by atomic mass is 9.93. The van der Waals surface area contributed by atoms with Gasteiger partial charge in [-0.3, -0.25) is 9.59 Å². The number of fused-ring (bicyclic) bond motifs is 3. The van der Waals surface area contributed by atoms with E-state index in [1.165, 1.54) is 23.5 Å². The maximum atomic E-state index is 14.0. The van der Waals surface area contributed by atoms with Gasteiger partial charge in [0.2, 0.25) is 0 Å². The Hall–Kier alpha value is -4.58. The number of carbonyl (C=O) groups is 3. The molecule has 11 heteroatoms. The number of hydrogen-bond acceptors (Lipinski definition) is 8. The molecule has 43 heavy (non-hydrogen) atoms. The Labute approximate surface area is 252 Å². The zero-order valence-electron chi connectivity index (χ0n) is 23.6. The fourth-order valence-corrected chi connectivity index (χ4v) is 6.01. The minimum absolute atomic E-state index is 0.0384. The van der Waals surface area contributed by atoms with E-state index < -0.39 is 17.8 Å². The van der Waals surface area contributed by atoms with Crippen molar-refractivity contribution in [2.45, 2.75) is 32.7 Å². The van der Waals surface area contributed by atoms with Crippen molar-refractivity contribution in [1.29, 1.82) is 0 Å². The van der Waals surface area contributed by atoms with Gasteiger partial charge in [0.1, 0.15) is 11.4 Å². The Morgan fingerprint density at radius 1 is 1.05 bits per heavy atom. The maximum absolute atomic E-state index is 14.0. The summed E-state index contributed by atoms with van der Waals surface area (Å²) in [6.07, 6.45) is 1.71. The second kappa shape index (κ2) is 13.2. The van der Waals surface area contributed by atoms with Crippen molar-refractivity contribution in [3.05, 3.63) is 87.6 Å². The highest BCUT2D eigenvalue weighted by atomic mass is 32.1. The molecule has 0 spiro atoms. The van der Waals surface area contributed by atoms with Crippen molar-refractivity contribution in [1.82, 2.24) is 10.3 Å². The van der Waals surface area contributed by atoms with E-state index in [1.54, 1.807) is 24.3 Å². The van der Waals surface area contributed by atoms with Crippen LogP contribution in [0.1, 0.15) is 61.4 Å². The van der Waals surface area contributed by atoms with E-state index in [0.29, 0.717) is 61.5 Å². The molecule has 0 atom stereocenters. The number of carbonyl (C=O) groups excluding carboxylic acids is 2. The van der Waals surface area contributed by atoms with Crippen molar-refractivity contribution in [3.8, 4) is 27.3 Å². The van der Waals surface area contributed by atoms with E-state index in [4.69, 9.17) is 10.5 Å². The number of amides is 2. The van der Waals surface area contributed by atoms with E-state index in [2.05, 4.69) is 15.6 Å². The predicted octanol–water partition coefficient (Wildman–Crippen LogP) is 4.50. The molecule has 4 aromatic rings. The summed E-state index contributed by atoms with van der Waals surface area (Å²) in [5.41, 5.74) is 9.97. The molecule has 0 fully saturated rings. The number of hydrogen-bond donors (Lipinski definition) is 5. The molecule has 2 aromatic heterocycles. The van der Waals surface area contributed by atoms with Gasteiger partial charge in [-0.05, 0) is 71.3 Å². The van der Waals surface area contributed by atoms with Crippen LogP contribution in [-0.4, -0.2) is 52.7 Å². The number of aromatic nitrogens is 1. The van der Waals surface area contributed by atoms with Crippen molar-refractivity contribution < 1.29 is 29.3 Å². The van der Waals surface area contributed by atoms with Crippen LogP contribution in [0.25, 0.3) is 21.6 Å². The van der Waals surface area contributed by atoms with Crippen LogP contribution in [0.2, 0.25) is 0 Å². The second-order valence-corrected chi connectivity index (χ2v) is 11.0. The first-order chi connectivity index (χ1) is 20.8. The molecule has 3 heterocycles. The lowest BCUT2D eigenvalue weighted by molar-refractivity contribution is 0.0691. The summed E-state index contributed by atoms with van der Waals surface area (Å²) in [5, 5.41) is 27.4. The molecule has 2 amide bonds. The molecule has 0 unspecified atom stereocenters. The summed E-state index contributed by atoms with van der Waals surface area (Å²) in [6.45, 7) is 2.94. The topological polar surface area (TPSA) is 164 Å². The smallest absolute Gasteiger partial charge is 0.355 e. The average Bonchev–Trinajstić information content (AvgIpc) is 3.41. The number of rotatable bonds is 10. The molecule has 10 nitrogen and oxygen atoms in total. The number of aliphatic hydroxyl groups is 1. The maximum Gasteiger partial charge on any atom is 0.355 e. The highest BCUT2D eigenvalue weighted by Crippen LogP contribution is 2.43. The minimum Gasteiger partial charge on any atom is -0.493 e. The monoisotopic (exact) mass is 600 g/mol. The highest BCUT2D eigenvalue weighted by molar-refractivity contribution is 7.13. The van der Waals surface area contributed by atoms with Crippen LogP contribution in [0, 0.1) is 0 Å². The number of thiophene rings is 1. The summed E-state index contributed by atoms with van der Waals surface area (Å²) in [5.74, 6) is -1.80. The molecule has 1 aliphatic heterocycles. The largest absolute Gasteiger partial charge is 0.493 e. The fourth-order valence-electron chi connectivity index (χ4n) is 5.04. The summed E-state index contributed by atoms with van der Waals surface area (Å²) < 4.78 is 6.09. The lowest BCUT2D eigenvalue weighted by Gasteiger charge is -2.18. The Kier molecular flexibility index (Phi) is 9.15. The predicted molar refractivity (Wildman–Crippen MR) is 165 cm³/mol. The lowest BCUT2D eigenvalue weighted by Crippen LogP contribution is -2.25. The number of aromatic carboxylic acids is 1. The van der Waals surface area contributed by atoms with Gasteiger partial charge < -0.3 is 31.3 Å². The summed E-state index contributed by atoms with van der Waals surface area (Å²) in [6, 6.07) is 13.7. The van der Waals surface area contributed by atoms with E-state index in [9.17, 15) is 24.6 Å². The molecule has 1 aliphatic rings. The van der Waals surface area contributed by atoms with Gasteiger partial charge in [-0.15, -0.1) is 11.3 Å².